The van der Waals surface area contributed by atoms with E-state index in [0.29, 0.717) is 0 Å². The van der Waals surface area contributed by atoms with Crippen LogP contribution >= 0.6 is 0 Å². The Morgan fingerprint density at radius 2 is 1.67 bits per heavy atom. The van der Waals surface area contributed by atoms with E-state index >= 15 is 0 Å². The Morgan fingerprint density at radius 3 is 2.17 bits per heavy atom. The van der Waals surface area contributed by atoms with Crippen molar-refractivity contribution in [2.45, 2.75) is 13.5 Å². The quantitative estimate of drug-likeness (QED) is 0.618. The first-order chi connectivity index (χ1) is 8.69. The average Bonchev–Trinajstić information content (AvgIpc) is 2.40. The highest BCUT2D eigenvalue weighted by atomic mass is 15.3. The van der Waals surface area contributed by atoms with E-state index in [4.69, 9.17) is 11.1 Å². The van der Waals surface area contributed by atoms with Crippen molar-refractivity contribution in [2.24, 2.45) is 5.73 Å². The zero-order valence-corrected chi connectivity index (χ0v) is 11.0. The molecule has 1 heterocycles. The maximum atomic E-state index is 7.36. The van der Waals surface area contributed by atoms with E-state index in [0.717, 1.165) is 31.7 Å². The maximum Gasteiger partial charge on any atom is 0.122 e. The van der Waals surface area contributed by atoms with Crippen molar-refractivity contribution in [3.63, 3.8) is 0 Å². The number of nitrogens with zero attached hydrogens (tertiary/aromatic N) is 2. The molecular weight excluding hydrogens is 224 g/mol. The number of nitrogen functional groups attached to an aromatic ring is 1. The molecule has 1 aliphatic heterocycles. The van der Waals surface area contributed by atoms with Gasteiger partial charge in [0.1, 0.15) is 5.84 Å². The Labute approximate surface area is 109 Å². The molecule has 1 aromatic rings. The van der Waals surface area contributed by atoms with E-state index in [2.05, 4.69) is 28.9 Å². The molecule has 0 spiro atoms. The van der Waals surface area contributed by atoms with Gasteiger partial charge in [0.2, 0.25) is 0 Å². The lowest BCUT2D eigenvalue weighted by atomic mass is 10.1. The Kier molecular flexibility index (Phi) is 4.33. The third-order valence-electron chi connectivity index (χ3n) is 3.58. The summed E-state index contributed by atoms with van der Waals surface area (Å²) in [6.45, 7) is 8.99. The number of piperazine rings is 1. The Morgan fingerprint density at radius 1 is 1.11 bits per heavy atom. The van der Waals surface area contributed by atoms with Crippen LogP contribution in [0.2, 0.25) is 0 Å². The average molecular weight is 246 g/mol. The van der Waals surface area contributed by atoms with Crippen LogP contribution in [0.25, 0.3) is 0 Å². The number of nitrogens with two attached hydrogens (primary N) is 1. The molecule has 98 valence electrons. The van der Waals surface area contributed by atoms with Crippen molar-refractivity contribution in [1.29, 1.82) is 5.41 Å². The molecular formula is C14H22N4. The Balaban J connectivity index is 1.88. The molecule has 18 heavy (non-hydrogen) atoms. The second kappa shape index (κ2) is 5.98. The molecule has 4 heteroatoms. The van der Waals surface area contributed by atoms with E-state index in [1.165, 1.54) is 18.7 Å². The summed E-state index contributed by atoms with van der Waals surface area (Å²) in [7, 11) is 0. The highest BCUT2D eigenvalue weighted by molar-refractivity contribution is 5.94. The fourth-order valence-corrected chi connectivity index (χ4v) is 2.31. The summed E-state index contributed by atoms with van der Waals surface area (Å²) in [6.07, 6.45) is 0. The van der Waals surface area contributed by atoms with Gasteiger partial charge in [-0.25, -0.2) is 0 Å². The summed E-state index contributed by atoms with van der Waals surface area (Å²) in [6, 6.07) is 8.01. The van der Waals surface area contributed by atoms with Gasteiger partial charge in [-0.05, 0) is 12.1 Å². The first kappa shape index (κ1) is 13.1. The molecule has 0 radical (unpaired) electrons. The van der Waals surface area contributed by atoms with Crippen molar-refractivity contribution >= 4 is 5.84 Å². The molecule has 0 amide bonds. The number of amidine groups is 1. The molecule has 0 saturated carbocycles. The predicted molar refractivity (Wildman–Crippen MR) is 74.8 cm³/mol. The monoisotopic (exact) mass is 246 g/mol. The molecule has 0 aliphatic carbocycles. The molecule has 0 atom stereocenters. The van der Waals surface area contributed by atoms with Crippen molar-refractivity contribution in [3.8, 4) is 0 Å². The van der Waals surface area contributed by atoms with Gasteiger partial charge in [-0.3, -0.25) is 10.3 Å². The van der Waals surface area contributed by atoms with Crippen LogP contribution in [0.4, 0.5) is 0 Å². The van der Waals surface area contributed by atoms with Crippen LogP contribution in [0.1, 0.15) is 18.1 Å². The molecule has 3 N–H and O–H groups in total. The molecule has 0 unspecified atom stereocenters. The summed E-state index contributed by atoms with van der Waals surface area (Å²) in [5, 5.41) is 7.36. The number of likely N-dealkylation sites (N-methyl/N-ethyl adjacent to an activating group) is 1. The van der Waals surface area contributed by atoms with Crippen molar-refractivity contribution < 1.29 is 0 Å². The number of rotatable bonds is 4. The zero-order chi connectivity index (χ0) is 13.0. The Hall–Kier alpha value is -1.39. The third-order valence-corrected chi connectivity index (χ3v) is 3.58. The molecule has 0 aromatic heterocycles. The van der Waals surface area contributed by atoms with Crippen LogP contribution in [-0.2, 0) is 6.54 Å². The first-order valence-electron chi connectivity index (χ1n) is 6.57. The number of benzene rings is 1. The molecule has 1 fully saturated rings. The fourth-order valence-electron chi connectivity index (χ4n) is 2.31. The van der Waals surface area contributed by atoms with Crippen LogP contribution in [0.15, 0.2) is 24.3 Å². The standard InChI is InChI=1S/C14H22N4/c1-2-17-7-9-18(10-8-17)11-12-3-5-13(6-4-12)14(15)16/h3-6H,2,7-11H2,1H3,(H3,15,16). The van der Waals surface area contributed by atoms with Crippen LogP contribution in [0.5, 0.6) is 0 Å². The van der Waals surface area contributed by atoms with Gasteiger partial charge < -0.3 is 10.6 Å². The van der Waals surface area contributed by atoms with E-state index in [9.17, 15) is 0 Å². The lowest BCUT2D eigenvalue weighted by molar-refractivity contribution is 0.132. The minimum Gasteiger partial charge on any atom is -0.384 e. The second-order valence-electron chi connectivity index (χ2n) is 4.82. The summed E-state index contributed by atoms with van der Waals surface area (Å²) < 4.78 is 0. The van der Waals surface area contributed by atoms with E-state index in [-0.39, 0.29) is 5.84 Å². The maximum absolute atomic E-state index is 7.36. The molecule has 1 aromatic carbocycles. The summed E-state index contributed by atoms with van der Waals surface area (Å²) in [5.41, 5.74) is 7.54. The minimum absolute atomic E-state index is 0.137. The van der Waals surface area contributed by atoms with Gasteiger partial charge in [0.15, 0.2) is 0 Å². The van der Waals surface area contributed by atoms with Crippen LogP contribution in [-0.4, -0.2) is 48.4 Å². The molecule has 1 aliphatic rings. The van der Waals surface area contributed by atoms with Gasteiger partial charge in [0, 0.05) is 38.3 Å². The topological polar surface area (TPSA) is 56.4 Å². The largest absolute Gasteiger partial charge is 0.384 e. The fraction of sp³-hybridized carbons (Fsp3) is 0.500. The minimum atomic E-state index is 0.137. The van der Waals surface area contributed by atoms with Crippen LogP contribution < -0.4 is 5.73 Å². The van der Waals surface area contributed by atoms with Gasteiger partial charge >= 0.3 is 0 Å². The van der Waals surface area contributed by atoms with Crippen molar-refractivity contribution in [1.82, 2.24) is 9.80 Å². The normalized spacial score (nSPS) is 17.8. The molecule has 4 nitrogen and oxygen atoms in total. The van der Waals surface area contributed by atoms with E-state index < -0.39 is 0 Å². The van der Waals surface area contributed by atoms with Gasteiger partial charge in [-0.1, -0.05) is 31.2 Å². The predicted octanol–water partition coefficient (Wildman–Crippen LogP) is 1.11. The second-order valence-corrected chi connectivity index (χ2v) is 4.82. The number of nitrogens with one attached hydrogen (secondary N) is 1. The molecule has 2 rings (SSSR count). The smallest absolute Gasteiger partial charge is 0.122 e. The van der Waals surface area contributed by atoms with Crippen molar-refractivity contribution in [3.05, 3.63) is 35.4 Å². The highest BCUT2D eigenvalue weighted by Crippen LogP contribution is 2.09. The zero-order valence-electron chi connectivity index (χ0n) is 11.0. The lowest BCUT2D eigenvalue weighted by Crippen LogP contribution is -2.45. The van der Waals surface area contributed by atoms with E-state index in [1.807, 2.05) is 12.1 Å². The van der Waals surface area contributed by atoms with Crippen molar-refractivity contribution in [2.75, 3.05) is 32.7 Å². The molecule has 0 bridgehead atoms. The van der Waals surface area contributed by atoms with Gasteiger partial charge in [0.05, 0.1) is 0 Å². The summed E-state index contributed by atoms with van der Waals surface area (Å²) in [5.74, 6) is 0.137. The Bertz CT molecular complexity index is 391. The summed E-state index contributed by atoms with van der Waals surface area (Å²) in [4.78, 5) is 4.96. The van der Waals surface area contributed by atoms with Gasteiger partial charge in [-0.15, -0.1) is 0 Å². The van der Waals surface area contributed by atoms with Crippen LogP contribution in [0.3, 0.4) is 0 Å². The van der Waals surface area contributed by atoms with Gasteiger partial charge in [0.25, 0.3) is 0 Å². The van der Waals surface area contributed by atoms with Crippen LogP contribution in [0, 0.1) is 5.41 Å². The van der Waals surface area contributed by atoms with E-state index in [1.54, 1.807) is 0 Å². The SMILES string of the molecule is CCN1CCN(Cc2ccc(C(=N)N)cc2)CC1. The number of hydrogen-bond acceptors (Lipinski definition) is 3. The first-order valence-corrected chi connectivity index (χ1v) is 6.57. The lowest BCUT2D eigenvalue weighted by Gasteiger charge is -2.34. The molecule has 1 saturated heterocycles. The summed E-state index contributed by atoms with van der Waals surface area (Å²) >= 11 is 0. The highest BCUT2D eigenvalue weighted by Gasteiger charge is 2.15. The third kappa shape index (κ3) is 3.31. The number of hydrogen-bond donors (Lipinski definition) is 2. The van der Waals surface area contributed by atoms with Gasteiger partial charge in [-0.2, -0.15) is 0 Å².